The van der Waals surface area contributed by atoms with Crippen molar-refractivity contribution in [1.29, 1.82) is 0 Å². The van der Waals surface area contributed by atoms with Crippen LogP contribution in [0.15, 0.2) is 12.1 Å². The first kappa shape index (κ1) is 14.1. The summed E-state index contributed by atoms with van der Waals surface area (Å²) >= 11 is 0. The average molecular weight is 280 g/mol. The van der Waals surface area contributed by atoms with E-state index in [-0.39, 0.29) is 5.69 Å². The average Bonchev–Trinajstić information content (AvgIpc) is 2.86. The number of phenols is 1. The molecule has 0 amide bonds. The summed E-state index contributed by atoms with van der Waals surface area (Å²) in [5.41, 5.74) is 0.360. The lowest BCUT2D eigenvalue weighted by molar-refractivity contribution is -0.386. The third kappa shape index (κ3) is 2.26. The lowest BCUT2D eigenvalue weighted by atomic mass is 10.1. The van der Waals surface area contributed by atoms with E-state index in [1.54, 1.807) is 24.0 Å². The number of hydrogen-bond donors (Lipinski definition) is 1. The summed E-state index contributed by atoms with van der Waals surface area (Å²) in [5, 5.41) is 21.2. The van der Waals surface area contributed by atoms with Gasteiger partial charge in [0.1, 0.15) is 6.04 Å². The Kier molecular flexibility index (Phi) is 3.78. The van der Waals surface area contributed by atoms with Gasteiger partial charge in [-0.15, -0.1) is 0 Å². The summed E-state index contributed by atoms with van der Waals surface area (Å²) in [6.45, 7) is 2.11. The van der Waals surface area contributed by atoms with Crippen molar-refractivity contribution in [3.63, 3.8) is 0 Å². The van der Waals surface area contributed by atoms with Gasteiger partial charge in [-0.1, -0.05) is 6.07 Å². The maximum Gasteiger partial charge on any atom is 0.328 e. The molecule has 20 heavy (non-hydrogen) atoms. The molecule has 0 radical (unpaired) electrons. The van der Waals surface area contributed by atoms with Crippen LogP contribution in [-0.4, -0.2) is 35.7 Å². The maximum atomic E-state index is 11.7. The van der Waals surface area contributed by atoms with Gasteiger partial charge in [0.2, 0.25) is 5.75 Å². The van der Waals surface area contributed by atoms with Gasteiger partial charge in [0, 0.05) is 12.1 Å². The molecule has 0 aliphatic carbocycles. The van der Waals surface area contributed by atoms with Gasteiger partial charge >= 0.3 is 11.7 Å². The molecule has 2 rings (SSSR count). The van der Waals surface area contributed by atoms with Crippen LogP contribution in [0.3, 0.4) is 0 Å². The fourth-order valence-corrected chi connectivity index (χ4v) is 2.57. The number of nitro groups is 1. The number of benzene rings is 1. The van der Waals surface area contributed by atoms with Crippen molar-refractivity contribution in [3.05, 3.63) is 27.8 Å². The molecule has 1 aromatic carbocycles. The van der Waals surface area contributed by atoms with E-state index < -0.39 is 22.7 Å². The van der Waals surface area contributed by atoms with Crippen molar-refractivity contribution in [2.45, 2.75) is 25.8 Å². The highest BCUT2D eigenvalue weighted by atomic mass is 16.6. The van der Waals surface area contributed by atoms with Crippen LogP contribution in [0, 0.1) is 17.0 Å². The lowest BCUT2D eigenvalue weighted by Crippen LogP contribution is -2.36. The first-order chi connectivity index (χ1) is 9.47. The zero-order valence-electron chi connectivity index (χ0n) is 11.3. The number of phenolic OH excluding ortho intramolecular Hbond substituents is 1. The van der Waals surface area contributed by atoms with E-state index in [2.05, 4.69) is 0 Å². The second kappa shape index (κ2) is 5.36. The molecule has 1 aliphatic heterocycles. The van der Waals surface area contributed by atoms with Crippen molar-refractivity contribution in [1.82, 2.24) is 0 Å². The summed E-state index contributed by atoms with van der Waals surface area (Å²) in [7, 11) is 1.30. The first-order valence-electron chi connectivity index (χ1n) is 6.28. The van der Waals surface area contributed by atoms with Crippen LogP contribution in [-0.2, 0) is 9.53 Å². The van der Waals surface area contributed by atoms with Gasteiger partial charge in [-0.25, -0.2) is 4.79 Å². The third-order valence-corrected chi connectivity index (χ3v) is 3.55. The van der Waals surface area contributed by atoms with Gasteiger partial charge in [0.05, 0.1) is 17.7 Å². The van der Waals surface area contributed by atoms with Crippen molar-refractivity contribution >= 4 is 17.3 Å². The van der Waals surface area contributed by atoms with E-state index in [9.17, 15) is 20.0 Å². The molecule has 1 saturated heterocycles. The van der Waals surface area contributed by atoms with E-state index in [4.69, 9.17) is 4.74 Å². The fourth-order valence-electron chi connectivity index (χ4n) is 2.57. The molecule has 0 bridgehead atoms. The number of carbonyl (C=O) groups is 1. The number of rotatable bonds is 3. The van der Waals surface area contributed by atoms with Crippen molar-refractivity contribution < 1.29 is 19.6 Å². The zero-order valence-corrected chi connectivity index (χ0v) is 11.3. The van der Waals surface area contributed by atoms with E-state index in [0.29, 0.717) is 24.2 Å². The monoisotopic (exact) mass is 280 g/mol. The third-order valence-electron chi connectivity index (χ3n) is 3.55. The Labute approximate surface area is 115 Å². The number of hydrogen-bond acceptors (Lipinski definition) is 6. The molecule has 0 aromatic heterocycles. The standard InChI is InChI=1S/C13H16N2O5/c1-8-5-6-9(12(16)11(8)15(18)19)14-7-3-4-10(14)13(17)20-2/h5-6,10,16H,3-4,7H2,1-2H3/t10-/m0/s1. The molecule has 108 valence electrons. The number of aromatic hydroxyl groups is 1. The van der Waals surface area contributed by atoms with E-state index in [1.165, 1.54) is 7.11 Å². The van der Waals surface area contributed by atoms with Gasteiger partial charge in [-0.2, -0.15) is 0 Å². The summed E-state index contributed by atoms with van der Waals surface area (Å²) in [4.78, 5) is 23.8. The highest BCUT2D eigenvalue weighted by molar-refractivity contribution is 5.83. The second-order valence-electron chi connectivity index (χ2n) is 4.73. The lowest BCUT2D eigenvalue weighted by Gasteiger charge is -2.25. The second-order valence-corrected chi connectivity index (χ2v) is 4.73. The smallest absolute Gasteiger partial charge is 0.328 e. The predicted molar refractivity (Wildman–Crippen MR) is 71.9 cm³/mol. The summed E-state index contributed by atoms with van der Waals surface area (Å²) in [5.74, 6) is -0.795. The Morgan fingerprint density at radius 2 is 2.25 bits per heavy atom. The Balaban J connectivity index is 2.45. The highest BCUT2D eigenvalue weighted by Crippen LogP contribution is 2.41. The number of nitrogens with zero attached hydrogens (tertiary/aromatic N) is 2. The molecule has 7 nitrogen and oxygen atoms in total. The van der Waals surface area contributed by atoms with Gasteiger partial charge in [-0.3, -0.25) is 10.1 Å². The molecule has 1 fully saturated rings. The summed E-state index contributed by atoms with van der Waals surface area (Å²) in [6, 6.07) is 2.66. The minimum atomic E-state index is -0.614. The Morgan fingerprint density at radius 1 is 1.55 bits per heavy atom. The molecule has 1 heterocycles. The molecule has 1 atom stereocenters. The number of carbonyl (C=O) groups excluding carboxylic acids is 1. The van der Waals surface area contributed by atoms with Gasteiger partial charge in [0.25, 0.3) is 0 Å². The van der Waals surface area contributed by atoms with E-state index >= 15 is 0 Å². The highest BCUT2D eigenvalue weighted by Gasteiger charge is 2.35. The molecule has 1 aliphatic rings. The maximum absolute atomic E-state index is 11.7. The van der Waals surface area contributed by atoms with Crippen molar-refractivity contribution in [2.24, 2.45) is 0 Å². The van der Waals surface area contributed by atoms with Gasteiger partial charge in [0.15, 0.2) is 0 Å². The summed E-state index contributed by atoms with van der Waals surface area (Å²) in [6.07, 6.45) is 1.37. The zero-order chi connectivity index (χ0) is 14.9. The summed E-state index contributed by atoms with van der Waals surface area (Å²) < 4.78 is 4.73. The van der Waals surface area contributed by atoms with Crippen LogP contribution in [0.4, 0.5) is 11.4 Å². The van der Waals surface area contributed by atoms with Crippen molar-refractivity contribution in [2.75, 3.05) is 18.6 Å². The molecule has 0 spiro atoms. The Morgan fingerprint density at radius 3 is 2.85 bits per heavy atom. The molecular formula is C13H16N2O5. The van der Waals surface area contributed by atoms with E-state index in [0.717, 1.165) is 6.42 Å². The van der Waals surface area contributed by atoms with Gasteiger partial charge in [-0.05, 0) is 25.8 Å². The van der Waals surface area contributed by atoms with Crippen LogP contribution in [0.1, 0.15) is 18.4 Å². The Hall–Kier alpha value is -2.31. The van der Waals surface area contributed by atoms with Crippen LogP contribution in [0.2, 0.25) is 0 Å². The van der Waals surface area contributed by atoms with Gasteiger partial charge < -0.3 is 14.7 Å². The number of esters is 1. The number of anilines is 1. The topological polar surface area (TPSA) is 92.9 Å². The normalized spacial score (nSPS) is 18.1. The number of ether oxygens (including phenoxy) is 1. The molecule has 0 saturated carbocycles. The largest absolute Gasteiger partial charge is 0.501 e. The van der Waals surface area contributed by atoms with Crippen molar-refractivity contribution in [3.8, 4) is 5.75 Å². The first-order valence-corrected chi connectivity index (χ1v) is 6.28. The predicted octanol–water partition coefficient (Wildman–Crippen LogP) is 1.75. The SMILES string of the molecule is COC(=O)[C@@H]1CCCN1c1ccc(C)c([N+](=O)[O-])c1O. The quantitative estimate of drug-likeness (QED) is 0.515. The molecule has 1 N–H and O–H groups in total. The molecule has 7 heteroatoms. The number of nitro benzene ring substituents is 1. The van der Waals surface area contributed by atoms with Crippen LogP contribution < -0.4 is 4.90 Å². The molecular weight excluding hydrogens is 264 g/mol. The Bertz CT molecular complexity index is 558. The minimum Gasteiger partial charge on any atom is -0.501 e. The van der Waals surface area contributed by atoms with Crippen LogP contribution in [0.5, 0.6) is 5.75 Å². The molecule has 1 aromatic rings. The van der Waals surface area contributed by atoms with Crippen LogP contribution in [0.25, 0.3) is 0 Å². The number of aryl methyl sites for hydroxylation is 1. The minimum absolute atomic E-state index is 0.301. The molecule has 0 unspecified atom stereocenters. The van der Waals surface area contributed by atoms with E-state index in [1.807, 2.05) is 0 Å². The number of methoxy groups -OCH3 is 1. The fraction of sp³-hybridized carbons (Fsp3) is 0.462. The van der Waals surface area contributed by atoms with Crippen LogP contribution >= 0.6 is 0 Å².